The third kappa shape index (κ3) is 3.89. The van der Waals surface area contributed by atoms with Gasteiger partial charge in [0, 0.05) is 5.56 Å². The Balaban J connectivity index is 1.89. The number of benzene rings is 2. The Labute approximate surface area is 188 Å². The van der Waals surface area contributed by atoms with Crippen LogP contribution < -0.4 is 9.47 Å². The van der Waals surface area contributed by atoms with Crippen LogP contribution in [-0.4, -0.2) is 41.0 Å². The fourth-order valence-electron chi connectivity index (χ4n) is 3.79. The third-order valence-corrected chi connectivity index (χ3v) is 5.39. The number of carbonyl (C=O) groups excluding carboxylic acids is 2. The normalized spacial score (nSPS) is 17.4. The van der Waals surface area contributed by atoms with E-state index in [0.29, 0.717) is 11.3 Å². The molecule has 4 rings (SSSR count). The standard InChI is InChI=1S/C24H20FNO7/c1-31-18-8-6-14(10-16(18)25)22(28)20-21(13-5-7-17(27)19(11-13)32-2)26(24(30)23(20)29)12-15-4-3-9-33-15/h3-11,21,27-28H,12H2,1-2H3/t21-/m1/s1. The minimum atomic E-state index is -1.05. The first kappa shape index (κ1) is 21.9. The number of ether oxygens (including phenoxy) is 2. The zero-order valence-corrected chi connectivity index (χ0v) is 17.7. The summed E-state index contributed by atoms with van der Waals surface area (Å²) in [6, 6.07) is 10.3. The smallest absolute Gasteiger partial charge is 0.296 e. The van der Waals surface area contributed by atoms with Gasteiger partial charge in [0.15, 0.2) is 23.1 Å². The van der Waals surface area contributed by atoms with Gasteiger partial charge in [-0.05, 0) is 48.0 Å². The van der Waals surface area contributed by atoms with Crippen molar-refractivity contribution >= 4 is 17.4 Å². The lowest BCUT2D eigenvalue weighted by Gasteiger charge is -2.25. The first-order valence-corrected chi connectivity index (χ1v) is 9.87. The zero-order valence-electron chi connectivity index (χ0n) is 17.7. The van der Waals surface area contributed by atoms with Crippen LogP contribution in [0.4, 0.5) is 4.39 Å². The maximum Gasteiger partial charge on any atom is 0.296 e. The first-order chi connectivity index (χ1) is 15.8. The molecule has 0 radical (unpaired) electrons. The van der Waals surface area contributed by atoms with E-state index in [2.05, 4.69) is 0 Å². The quantitative estimate of drug-likeness (QED) is 0.332. The van der Waals surface area contributed by atoms with E-state index < -0.39 is 29.3 Å². The molecule has 1 amide bonds. The van der Waals surface area contributed by atoms with Crippen molar-refractivity contribution in [3.8, 4) is 17.2 Å². The van der Waals surface area contributed by atoms with E-state index in [1.165, 1.54) is 55.7 Å². The molecule has 1 aliphatic rings. The van der Waals surface area contributed by atoms with Gasteiger partial charge in [-0.3, -0.25) is 9.59 Å². The molecular weight excluding hydrogens is 433 g/mol. The van der Waals surface area contributed by atoms with Crippen molar-refractivity contribution in [2.75, 3.05) is 14.2 Å². The molecule has 1 saturated heterocycles. The van der Waals surface area contributed by atoms with E-state index in [9.17, 15) is 24.2 Å². The largest absolute Gasteiger partial charge is 0.507 e. The number of nitrogens with zero attached hydrogens (tertiary/aromatic N) is 1. The van der Waals surface area contributed by atoms with Gasteiger partial charge in [-0.15, -0.1) is 0 Å². The first-order valence-electron chi connectivity index (χ1n) is 9.87. The van der Waals surface area contributed by atoms with Gasteiger partial charge in [-0.25, -0.2) is 4.39 Å². The van der Waals surface area contributed by atoms with E-state index in [0.717, 1.165) is 6.07 Å². The SMILES string of the molecule is COc1cc([C@@H]2C(=C(O)c3ccc(OC)c(F)c3)C(=O)C(=O)N2Cc2ccco2)ccc1O. The van der Waals surface area contributed by atoms with Gasteiger partial charge >= 0.3 is 0 Å². The summed E-state index contributed by atoms with van der Waals surface area (Å²) in [5, 5.41) is 21.0. The van der Waals surface area contributed by atoms with Crippen LogP contribution in [0.15, 0.2) is 64.8 Å². The number of rotatable bonds is 6. The number of carbonyl (C=O) groups is 2. The number of phenolic OH excluding ortho intramolecular Hbond substituents is 1. The summed E-state index contributed by atoms with van der Waals surface area (Å²) in [7, 11) is 2.66. The van der Waals surface area contributed by atoms with Crippen LogP contribution >= 0.6 is 0 Å². The number of amides is 1. The molecule has 0 bridgehead atoms. The Hall–Kier alpha value is -4.27. The van der Waals surface area contributed by atoms with Gasteiger partial charge < -0.3 is 29.0 Å². The van der Waals surface area contributed by atoms with Crippen LogP contribution in [0.2, 0.25) is 0 Å². The van der Waals surface area contributed by atoms with E-state index in [4.69, 9.17) is 13.9 Å². The fraction of sp³-hybridized carbons (Fsp3) is 0.167. The van der Waals surface area contributed by atoms with Gasteiger partial charge in [0.05, 0.1) is 38.6 Å². The van der Waals surface area contributed by atoms with Crippen molar-refractivity contribution in [2.45, 2.75) is 12.6 Å². The Morgan fingerprint density at radius 2 is 1.85 bits per heavy atom. The minimum Gasteiger partial charge on any atom is -0.507 e. The van der Waals surface area contributed by atoms with Crippen LogP contribution in [0, 0.1) is 5.82 Å². The van der Waals surface area contributed by atoms with Crippen molar-refractivity contribution in [3.63, 3.8) is 0 Å². The number of methoxy groups -OCH3 is 2. The second kappa shape index (κ2) is 8.70. The molecule has 1 fully saturated rings. The third-order valence-electron chi connectivity index (χ3n) is 5.39. The van der Waals surface area contributed by atoms with Crippen LogP contribution in [0.25, 0.3) is 5.76 Å². The Bertz CT molecular complexity index is 1250. The summed E-state index contributed by atoms with van der Waals surface area (Å²) < 4.78 is 29.7. The lowest BCUT2D eigenvalue weighted by molar-refractivity contribution is -0.140. The Morgan fingerprint density at radius 1 is 1.09 bits per heavy atom. The molecule has 33 heavy (non-hydrogen) atoms. The molecule has 0 spiro atoms. The van der Waals surface area contributed by atoms with Crippen molar-refractivity contribution in [1.29, 1.82) is 0 Å². The number of aliphatic hydroxyl groups is 1. The molecule has 0 saturated carbocycles. The maximum absolute atomic E-state index is 14.3. The molecule has 2 heterocycles. The molecule has 0 unspecified atom stereocenters. The topological polar surface area (TPSA) is 109 Å². The van der Waals surface area contributed by atoms with Crippen LogP contribution in [-0.2, 0) is 16.1 Å². The number of aromatic hydroxyl groups is 1. The predicted octanol–water partition coefficient (Wildman–Crippen LogP) is 3.76. The molecule has 1 aliphatic heterocycles. The van der Waals surface area contributed by atoms with Gasteiger partial charge in [0.1, 0.15) is 11.5 Å². The summed E-state index contributed by atoms with van der Waals surface area (Å²) in [4.78, 5) is 27.2. The number of ketones is 1. The Morgan fingerprint density at radius 3 is 2.48 bits per heavy atom. The molecule has 0 aliphatic carbocycles. The van der Waals surface area contributed by atoms with Crippen LogP contribution in [0.5, 0.6) is 17.2 Å². The highest BCUT2D eigenvalue weighted by molar-refractivity contribution is 6.46. The van der Waals surface area contributed by atoms with Crippen molar-refractivity contribution in [1.82, 2.24) is 4.90 Å². The fourth-order valence-corrected chi connectivity index (χ4v) is 3.79. The number of Topliss-reactive ketones (excluding diaryl/α,β-unsaturated/α-hetero) is 1. The summed E-state index contributed by atoms with van der Waals surface area (Å²) in [6.45, 7) is -0.0564. The summed E-state index contributed by atoms with van der Waals surface area (Å²) in [6.07, 6.45) is 1.44. The van der Waals surface area contributed by atoms with Crippen molar-refractivity contribution < 1.29 is 38.1 Å². The number of likely N-dealkylation sites (tertiary alicyclic amines) is 1. The molecular formula is C24H20FNO7. The van der Waals surface area contributed by atoms with E-state index in [1.807, 2.05) is 0 Å². The molecule has 170 valence electrons. The maximum atomic E-state index is 14.3. The molecule has 2 N–H and O–H groups in total. The molecule has 1 aromatic heterocycles. The highest BCUT2D eigenvalue weighted by Gasteiger charge is 2.46. The molecule has 3 aromatic rings. The van der Waals surface area contributed by atoms with Crippen LogP contribution in [0.1, 0.15) is 22.9 Å². The minimum absolute atomic E-state index is 0.0000388. The van der Waals surface area contributed by atoms with Gasteiger partial charge in [0.25, 0.3) is 11.7 Å². The Kier molecular flexibility index (Phi) is 5.78. The molecule has 1 atom stereocenters. The number of halogens is 1. The lowest BCUT2D eigenvalue weighted by Crippen LogP contribution is -2.29. The summed E-state index contributed by atoms with van der Waals surface area (Å²) >= 11 is 0. The van der Waals surface area contributed by atoms with Gasteiger partial charge in [0.2, 0.25) is 0 Å². The predicted molar refractivity (Wildman–Crippen MR) is 114 cm³/mol. The van der Waals surface area contributed by atoms with E-state index >= 15 is 0 Å². The van der Waals surface area contributed by atoms with Gasteiger partial charge in [-0.1, -0.05) is 6.07 Å². The monoisotopic (exact) mass is 453 g/mol. The second-order valence-electron chi connectivity index (χ2n) is 7.29. The summed E-state index contributed by atoms with van der Waals surface area (Å²) in [5.74, 6) is -2.73. The van der Waals surface area contributed by atoms with Crippen molar-refractivity contribution in [3.05, 3.63) is 83.1 Å². The number of hydrogen-bond acceptors (Lipinski definition) is 7. The number of hydrogen-bond donors (Lipinski definition) is 2. The number of phenols is 1. The molecule has 8 nitrogen and oxygen atoms in total. The van der Waals surface area contributed by atoms with E-state index in [1.54, 1.807) is 12.1 Å². The highest BCUT2D eigenvalue weighted by Crippen LogP contribution is 2.42. The average molecular weight is 453 g/mol. The molecule has 9 heteroatoms. The highest BCUT2D eigenvalue weighted by atomic mass is 19.1. The zero-order chi connectivity index (χ0) is 23.7. The van der Waals surface area contributed by atoms with E-state index in [-0.39, 0.29) is 34.9 Å². The number of aliphatic hydroxyl groups excluding tert-OH is 1. The van der Waals surface area contributed by atoms with Gasteiger partial charge in [-0.2, -0.15) is 0 Å². The average Bonchev–Trinajstić information content (AvgIpc) is 3.41. The second-order valence-corrected chi connectivity index (χ2v) is 7.29. The number of furan rings is 1. The summed E-state index contributed by atoms with van der Waals surface area (Å²) in [5.41, 5.74) is 0.162. The lowest BCUT2D eigenvalue weighted by atomic mass is 9.95. The molecule has 2 aromatic carbocycles. The van der Waals surface area contributed by atoms with Crippen molar-refractivity contribution in [2.24, 2.45) is 0 Å². The van der Waals surface area contributed by atoms with Crippen LogP contribution in [0.3, 0.4) is 0 Å².